The minimum absolute atomic E-state index is 0.0124. The molecule has 0 aromatic heterocycles. The first-order valence-electron chi connectivity index (χ1n) is 8.93. The van der Waals surface area contributed by atoms with Crippen molar-refractivity contribution in [2.75, 3.05) is 30.0 Å². The van der Waals surface area contributed by atoms with Gasteiger partial charge in [0.15, 0.2) is 6.61 Å². The van der Waals surface area contributed by atoms with Crippen molar-refractivity contribution in [3.05, 3.63) is 65.7 Å². The van der Waals surface area contributed by atoms with Gasteiger partial charge >= 0.3 is 5.97 Å². The van der Waals surface area contributed by atoms with Crippen LogP contribution in [0.3, 0.4) is 0 Å². The summed E-state index contributed by atoms with van der Waals surface area (Å²) in [5.74, 6) is -0.912. The van der Waals surface area contributed by atoms with E-state index in [1.807, 2.05) is 55.5 Å². The second-order valence-electron chi connectivity index (χ2n) is 6.16. The van der Waals surface area contributed by atoms with Gasteiger partial charge < -0.3 is 15.4 Å². The van der Waals surface area contributed by atoms with Gasteiger partial charge in [-0.2, -0.15) is 0 Å². The number of aryl methyl sites for hydroxylation is 1. The summed E-state index contributed by atoms with van der Waals surface area (Å²) in [6.07, 6.45) is 0.715. The van der Waals surface area contributed by atoms with E-state index in [0.717, 1.165) is 28.6 Å². The Morgan fingerprint density at radius 2 is 1.75 bits per heavy atom. The lowest BCUT2D eigenvalue weighted by Gasteiger charge is -2.07. The van der Waals surface area contributed by atoms with Crippen molar-refractivity contribution in [3.63, 3.8) is 0 Å². The van der Waals surface area contributed by atoms with E-state index in [2.05, 4.69) is 10.6 Å². The Labute approximate surface area is 169 Å². The highest BCUT2D eigenvalue weighted by atomic mass is 32.2. The largest absolute Gasteiger partial charge is 0.455 e. The number of carbonyl (C=O) groups is 3. The predicted molar refractivity (Wildman–Crippen MR) is 111 cm³/mol. The maximum Gasteiger partial charge on any atom is 0.316 e. The zero-order chi connectivity index (χ0) is 20.2. The first-order valence-corrected chi connectivity index (χ1v) is 10.1. The summed E-state index contributed by atoms with van der Waals surface area (Å²) < 4.78 is 4.92. The third-order valence-corrected chi connectivity index (χ3v) is 4.60. The lowest BCUT2D eigenvalue weighted by atomic mass is 10.1. The molecule has 0 bridgehead atoms. The average Bonchev–Trinajstić information content (AvgIpc) is 2.67. The van der Waals surface area contributed by atoms with Gasteiger partial charge in [0.05, 0.1) is 11.5 Å². The van der Waals surface area contributed by atoms with Crippen LogP contribution in [0.5, 0.6) is 0 Å². The Morgan fingerprint density at radius 3 is 2.50 bits per heavy atom. The normalized spacial score (nSPS) is 10.2. The van der Waals surface area contributed by atoms with Gasteiger partial charge in [0, 0.05) is 12.2 Å². The zero-order valence-electron chi connectivity index (χ0n) is 15.8. The minimum atomic E-state index is -0.522. The molecule has 0 atom stereocenters. The summed E-state index contributed by atoms with van der Waals surface area (Å²) in [5, 5.41) is 5.47. The first kappa shape index (κ1) is 21.5. The van der Waals surface area contributed by atoms with Crippen LogP contribution in [0.15, 0.2) is 54.6 Å². The number of carbonyl (C=O) groups excluding carboxylic acids is 3. The maximum absolute atomic E-state index is 11.9. The van der Waals surface area contributed by atoms with Crippen LogP contribution >= 0.6 is 11.8 Å². The Kier molecular flexibility index (Phi) is 9.07. The van der Waals surface area contributed by atoms with E-state index < -0.39 is 5.97 Å². The van der Waals surface area contributed by atoms with Crippen LogP contribution in [0.2, 0.25) is 0 Å². The zero-order valence-corrected chi connectivity index (χ0v) is 16.6. The fourth-order valence-electron chi connectivity index (χ4n) is 2.38. The molecule has 0 saturated heterocycles. The summed E-state index contributed by atoms with van der Waals surface area (Å²) in [5.41, 5.74) is 2.90. The second kappa shape index (κ2) is 11.8. The molecule has 0 fully saturated rings. The highest BCUT2D eigenvalue weighted by Crippen LogP contribution is 2.10. The van der Waals surface area contributed by atoms with Crippen molar-refractivity contribution in [3.8, 4) is 0 Å². The molecule has 2 aromatic carbocycles. The molecule has 0 spiro atoms. The molecule has 28 heavy (non-hydrogen) atoms. The number of amides is 2. The molecule has 6 nitrogen and oxygen atoms in total. The van der Waals surface area contributed by atoms with E-state index >= 15 is 0 Å². The number of benzene rings is 2. The highest BCUT2D eigenvalue weighted by Gasteiger charge is 2.09. The number of esters is 1. The molecule has 0 aliphatic carbocycles. The van der Waals surface area contributed by atoms with E-state index in [4.69, 9.17) is 4.74 Å². The Balaban J connectivity index is 1.54. The van der Waals surface area contributed by atoms with Gasteiger partial charge in [0.2, 0.25) is 5.91 Å². The summed E-state index contributed by atoms with van der Waals surface area (Å²) in [7, 11) is 0. The molecule has 7 heteroatoms. The number of thioether (sulfide) groups is 1. The predicted octanol–water partition coefficient (Wildman–Crippen LogP) is 2.57. The van der Waals surface area contributed by atoms with E-state index in [0.29, 0.717) is 13.0 Å². The Morgan fingerprint density at radius 1 is 0.964 bits per heavy atom. The molecular weight excluding hydrogens is 376 g/mol. The molecule has 0 aliphatic rings. The summed E-state index contributed by atoms with van der Waals surface area (Å²) in [4.78, 5) is 35.2. The van der Waals surface area contributed by atoms with E-state index in [1.165, 1.54) is 0 Å². The lowest BCUT2D eigenvalue weighted by molar-refractivity contribution is -0.145. The topological polar surface area (TPSA) is 84.5 Å². The fourth-order valence-corrected chi connectivity index (χ4v) is 2.99. The Hall–Kier alpha value is -2.80. The van der Waals surface area contributed by atoms with E-state index in [9.17, 15) is 14.4 Å². The van der Waals surface area contributed by atoms with Crippen LogP contribution in [0, 0.1) is 6.92 Å². The Bertz CT molecular complexity index is 796. The number of hydrogen-bond donors (Lipinski definition) is 2. The molecule has 2 aromatic rings. The molecule has 0 heterocycles. The van der Waals surface area contributed by atoms with Gasteiger partial charge in [-0.15, -0.1) is 11.8 Å². The molecule has 0 radical (unpaired) electrons. The van der Waals surface area contributed by atoms with Crippen molar-refractivity contribution in [2.24, 2.45) is 0 Å². The SMILES string of the molecule is Cc1cccc(NC(=O)CSCC(=O)OCC(=O)NCCc2ccccc2)c1. The number of anilines is 1. The third-order valence-electron chi connectivity index (χ3n) is 3.70. The number of rotatable bonds is 10. The van der Waals surface area contributed by atoms with Crippen LogP contribution in [0.4, 0.5) is 5.69 Å². The van der Waals surface area contributed by atoms with Gasteiger partial charge in [-0.1, -0.05) is 42.5 Å². The van der Waals surface area contributed by atoms with Gasteiger partial charge in [0.1, 0.15) is 0 Å². The second-order valence-corrected chi connectivity index (χ2v) is 7.14. The van der Waals surface area contributed by atoms with Crippen molar-refractivity contribution >= 4 is 35.2 Å². The summed E-state index contributed by atoms with van der Waals surface area (Å²) in [6, 6.07) is 17.3. The van der Waals surface area contributed by atoms with Crippen molar-refractivity contribution in [1.29, 1.82) is 0 Å². The van der Waals surface area contributed by atoms with Crippen LogP contribution < -0.4 is 10.6 Å². The van der Waals surface area contributed by atoms with Crippen molar-refractivity contribution < 1.29 is 19.1 Å². The van der Waals surface area contributed by atoms with E-state index in [-0.39, 0.29) is 29.9 Å². The minimum Gasteiger partial charge on any atom is -0.455 e. The molecule has 0 aliphatic heterocycles. The van der Waals surface area contributed by atoms with Gasteiger partial charge in [0.25, 0.3) is 5.91 Å². The summed E-state index contributed by atoms with van der Waals surface area (Å²) >= 11 is 1.14. The monoisotopic (exact) mass is 400 g/mol. The molecule has 148 valence electrons. The van der Waals surface area contributed by atoms with Crippen molar-refractivity contribution in [1.82, 2.24) is 5.32 Å². The maximum atomic E-state index is 11.9. The third kappa shape index (κ3) is 8.73. The van der Waals surface area contributed by atoms with Gasteiger partial charge in [-0.3, -0.25) is 14.4 Å². The summed E-state index contributed by atoms with van der Waals surface area (Å²) in [6.45, 7) is 2.11. The molecule has 2 rings (SSSR count). The van der Waals surface area contributed by atoms with Crippen LogP contribution in [0.1, 0.15) is 11.1 Å². The molecule has 0 saturated carbocycles. The smallest absolute Gasteiger partial charge is 0.316 e. The number of hydrogen-bond acceptors (Lipinski definition) is 5. The van der Waals surface area contributed by atoms with Gasteiger partial charge in [-0.05, 0) is 36.6 Å². The molecular formula is C21H24N2O4S. The average molecular weight is 401 g/mol. The standard InChI is InChI=1S/C21H24N2O4S/c1-16-6-5-9-18(12-16)23-20(25)14-28-15-21(26)27-13-19(24)22-11-10-17-7-3-2-4-8-17/h2-9,12H,10-11,13-15H2,1H3,(H,22,24)(H,23,25). The van der Waals surface area contributed by atoms with Crippen LogP contribution in [-0.4, -0.2) is 42.4 Å². The molecule has 2 amide bonds. The van der Waals surface area contributed by atoms with Crippen LogP contribution in [-0.2, 0) is 25.5 Å². The number of ether oxygens (including phenoxy) is 1. The van der Waals surface area contributed by atoms with Crippen LogP contribution in [0.25, 0.3) is 0 Å². The molecule has 2 N–H and O–H groups in total. The van der Waals surface area contributed by atoms with Gasteiger partial charge in [-0.25, -0.2) is 0 Å². The van der Waals surface area contributed by atoms with Crippen molar-refractivity contribution in [2.45, 2.75) is 13.3 Å². The lowest BCUT2D eigenvalue weighted by Crippen LogP contribution is -2.30. The highest BCUT2D eigenvalue weighted by molar-refractivity contribution is 8.00. The molecule has 0 unspecified atom stereocenters. The first-order chi connectivity index (χ1) is 13.5. The quantitative estimate of drug-likeness (QED) is 0.599. The fraction of sp³-hybridized carbons (Fsp3) is 0.286. The number of nitrogens with one attached hydrogen (secondary N) is 2. The van der Waals surface area contributed by atoms with E-state index in [1.54, 1.807) is 6.07 Å².